The second-order valence-corrected chi connectivity index (χ2v) is 3.68. The first-order valence-electron chi connectivity index (χ1n) is 4.50. The molecule has 0 aromatic carbocycles. The van der Waals surface area contributed by atoms with Crippen LogP contribution in [0.4, 0.5) is 0 Å². The van der Waals surface area contributed by atoms with Gasteiger partial charge in [0.05, 0.1) is 0 Å². The number of fused-ring (bicyclic) bond motifs is 2. The van der Waals surface area contributed by atoms with Crippen molar-refractivity contribution in [2.24, 2.45) is 17.8 Å². The van der Waals surface area contributed by atoms with Crippen LogP contribution in [0, 0.1) is 29.6 Å². The Morgan fingerprint density at radius 3 is 2.92 bits per heavy atom. The number of aldehydes is 1. The molecule has 2 bridgehead atoms. The minimum Gasteiger partial charge on any atom is -0.289 e. The highest BCUT2D eigenvalue weighted by atomic mass is 16.1. The molecule has 0 saturated heterocycles. The average Bonchev–Trinajstić information content (AvgIpc) is 2.65. The third kappa shape index (κ3) is 1.30. The van der Waals surface area contributed by atoms with Gasteiger partial charge in [0.25, 0.3) is 0 Å². The Balaban J connectivity index is 1.91. The van der Waals surface area contributed by atoms with E-state index in [2.05, 4.69) is 24.0 Å². The summed E-state index contributed by atoms with van der Waals surface area (Å²) in [4.78, 5) is 9.95. The smallest absolute Gasteiger partial charge is 0.192 e. The fourth-order valence-electron chi connectivity index (χ4n) is 2.36. The Morgan fingerprint density at radius 1 is 1.42 bits per heavy atom. The van der Waals surface area contributed by atoms with Gasteiger partial charge < -0.3 is 0 Å². The largest absolute Gasteiger partial charge is 0.289 e. The molecule has 1 saturated carbocycles. The van der Waals surface area contributed by atoms with Gasteiger partial charge >= 0.3 is 0 Å². The zero-order valence-electron chi connectivity index (χ0n) is 6.99. The van der Waals surface area contributed by atoms with E-state index in [-0.39, 0.29) is 0 Å². The van der Waals surface area contributed by atoms with E-state index in [1.165, 1.54) is 12.8 Å². The summed E-state index contributed by atoms with van der Waals surface area (Å²) in [5.74, 6) is 7.70. The number of carbonyl (C=O) groups excluding carboxylic acids is 1. The summed E-state index contributed by atoms with van der Waals surface area (Å²) in [7, 11) is 0. The molecular weight excluding hydrogens is 148 g/mol. The maximum atomic E-state index is 9.95. The second-order valence-electron chi connectivity index (χ2n) is 3.68. The zero-order valence-corrected chi connectivity index (χ0v) is 6.99. The third-order valence-corrected chi connectivity index (χ3v) is 2.94. The van der Waals surface area contributed by atoms with Gasteiger partial charge in [-0.15, -0.1) is 0 Å². The molecule has 0 spiro atoms. The number of rotatable bonds is 1. The quantitative estimate of drug-likeness (QED) is 0.325. The monoisotopic (exact) mass is 160 g/mol. The molecule has 2 aliphatic rings. The molecule has 2 rings (SSSR count). The lowest BCUT2D eigenvalue weighted by atomic mass is 9.91. The Labute approximate surface area is 72.8 Å². The standard InChI is InChI=1S/C11H12O/c12-6-2-1-3-10-7-9-4-5-11(10)8-9/h4-6,9-11H,3,7-8H2. The van der Waals surface area contributed by atoms with E-state index in [0.29, 0.717) is 6.29 Å². The second kappa shape index (κ2) is 3.15. The van der Waals surface area contributed by atoms with Gasteiger partial charge in [-0.3, -0.25) is 4.79 Å². The van der Waals surface area contributed by atoms with Crippen molar-refractivity contribution in [1.29, 1.82) is 0 Å². The predicted molar refractivity (Wildman–Crippen MR) is 47.3 cm³/mol. The van der Waals surface area contributed by atoms with Crippen LogP contribution in [-0.4, -0.2) is 6.29 Å². The Bertz CT molecular complexity index is 266. The van der Waals surface area contributed by atoms with Crippen LogP contribution >= 0.6 is 0 Å². The fourth-order valence-corrected chi connectivity index (χ4v) is 2.36. The van der Waals surface area contributed by atoms with Crippen molar-refractivity contribution in [1.82, 2.24) is 0 Å². The molecule has 62 valence electrons. The molecule has 1 heteroatoms. The van der Waals surface area contributed by atoms with Crippen molar-refractivity contribution in [2.45, 2.75) is 19.3 Å². The van der Waals surface area contributed by atoms with Crippen molar-refractivity contribution in [3.05, 3.63) is 12.2 Å². The predicted octanol–water partition coefficient (Wildman–Crippen LogP) is 1.79. The summed E-state index contributed by atoms with van der Waals surface area (Å²) in [5.41, 5.74) is 0. The highest BCUT2D eigenvalue weighted by Gasteiger charge is 2.34. The first kappa shape index (κ1) is 7.61. The van der Waals surface area contributed by atoms with Crippen molar-refractivity contribution in [3.8, 4) is 11.8 Å². The molecule has 0 aliphatic heterocycles. The molecule has 0 aromatic heterocycles. The molecule has 1 nitrogen and oxygen atoms in total. The third-order valence-electron chi connectivity index (χ3n) is 2.94. The van der Waals surface area contributed by atoms with Crippen LogP contribution in [0.5, 0.6) is 0 Å². The molecular formula is C11H12O. The molecule has 2 aliphatic carbocycles. The van der Waals surface area contributed by atoms with E-state index in [1.54, 1.807) is 0 Å². The summed E-state index contributed by atoms with van der Waals surface area (Å²) >= 11 is 0. The van der Waals surface area contributed by atoms with Gasteiger partial charge in [-0.25, -0.2) is 0 Å². The first-order chi connectivity index (χ1) is 5.90. The lowest BCUT2D eigenvalue weighted by Crippen LogP contribution is -2.05. The molecule has 0 aromatic rings. The van der Waals surface area contributed by atoms with Crippen molar-refractivity contribution in [2.75, 3.05) is 0 Å². The Hall–Kier alpha value is -1.03. The first-order valence-corrected chi connectivity index (χ1v) is 4.50. The summed E-state index contributed by atoms with van der Waals surface area (Å²) in [6.45, 7) is 0. The van der Waals surface area contributed by atoms with Gasteiger partial charge in [0.1, 0.15) is 0 Å². The lowest BCUT2D eigenvalue weighted by molar-refractivity contribution is -0.103. The Kier molecular flexibility index (Phi) is 1.99. The number of hydrogen-bond acceptors (Lipinski definition) is 1. The van der Waals surface area contributed by atoms with Crippen LogP contribution in [0.25, 0.3) is 0 Å². The normalized spacial score (nSPS) is 36.2. The van der Waals surface area contributed by atoms with E-state index >= 15 is 0 Å². The summed E-state index contributed by atoms with van der Waals surface area (Å²) in [5, 5.41) is 0. The van der Waals surface area contributed by atoms with Crippen LogP contribution < -0.4 is 0 Å². The topological polar surface area (TPSA) is 17.1 Å². The highest BCUT2D eigenvalue weighted by molar-refractivity contribution is 5.72. The number of carbonyl (C=O) groups is 1. The van der Waals surface area contributed by atoms with Crippen LogP contribution in [0.3, 0.4) is 0 Å². The molecule has 12 heavy (non-hydrogen) atoms. The van der Waals surface area contributed by atoms with Crippen molar-refractivity contribution < 1.29 is 4.79 Å². The van der Waals surface area contributed by atoms with E-state index in [9.17, 15) is 4.79 Å². The van der Waals surface area contributed by atoms with Gasteiger partial charge in [-0.05, 0) is 36.5 Å². The van der Waals surface area contributed by atoms with Gasteiger partial charge in [0.2, 0.25) is 0 Å². The number of allylic oxidation sites excluding steroid dienone is 2. The molecule has 0 N–H and O–H groups in total. The van der Waals surface area contributed by atoms with E-state index < -0.39 is 0 Å². The summed E-state index contributed by atoms with van der Waals surface area (Å²) in [6.07, 6.45) is 8.85. The maximum Gasteiger partial charge on any atom is 0.192 e. The summed E-state index contributed by atoms with van der Waals surface area (Å²) in [6, 6.07) is 0. The molecule has 3 atom stereocenters. The molecule has 0 radical (unpaired) electrons. The molecule has 0 amide bonds. The van der Waals surface area contributed by atoms with Crippen LogP contribution in [0.2, 0.25) is 0 Å². The maximum absolute atomic E-state index is 9.95. The van der Waals surface area contributed by atoms with Crippen LogP contribution in [0.15, 0.2) is 12.2 Å². The van der Waals surface area contributed by atoms with E-state index in [0.717, 1.165) is 24.2 Å². The SMILES string of the molecule is O=CC#CCC1CC2C=CC1C2. The zero-order chi connectivity index (χ0) is 8.39. The fraction of sp³-hybridized carbons (Fsp3) is 0.545. The van der Waals surface area contributed by atoms with Gasteiger partial charge in [0.15, 0.2) is 6.29 Å². The van der Waals surface area contributed by atoms with Crippen molar-refractivity contribution in [3.63, 3.8) is 0 Å². The minimum absolute atomic E-state index is 0.684. The molecule has 1 fully saturated rings. The van der Waals surface area contributed by atoms with Gasteiger partial charge in [-0.2, -0.15) is 0 Å². The highest BCUT2D eigenvalue weighted by Crippen LogP contribution is 2.44. The average molecular weight is 160 g/mol. The number of hydrogen-bond donors (Lipinski definition) is 0. The van der Waals surface area contributed by atoms with Crippen LogP contribution in [0.1, 0.15) is 19.3 Å². The van der Waals surface area contributed by atoms with E-state index in [4.69, 9.17) is 0 Å². The minimum atomic E-state index is 0.684. The lowest BCUT2D eigenvalue weighted by Gasteiger charge is -2.13. The van der Waals surface area contributed by atoms with E-state index in [1.807, 2.05) is 0 Å². The van der Waals surface area contributed by atoms with Crippen LogP contribution in [-0.2, 0) is 4.79 Å². The van der Waals surface area contributed by atoms with Crippen molar-refractivity contribution >= 4 is 6.29 Å². The van der Waals surface area contributed by atoms with Gasteiger partial charge in [0, 0.05) is 6.42 Å². The Morgan fingerprint density at radius 2 is 2.33 bits per heavy atom. The van der Waals surface area contributed by atoms with Gasteiger partial charge in [-0.1, -0.05) is 18.1 Å². The summed E-state index contributed by atoms with van der Waals surface area (Å²) < 4.78 is 0. The molecule has 3 unspecified atom stereocenters. The molecule has 0 heterocycles.